The number of aromatic nitrogens is 1. The summed E-state index contributed by atoms with van der Waals surface area (Å²) in [6.07, 6.45) is -0.362. The van der Waals surface area contributed by atoms with Crippen LogP contribution in [0.3, 0.4) is 0 Å². The Morgan fingerprint density at radius 3 is 2.43 bits per heavy atom. The molecule has 0 radical (unpaired) electrons. The normalized spacial score (nSPS) is 15.1. The van der Waals surface area contributed by atoms with E-state index < -0.39 is 18.2 Å². The van der Waals surface area contributed by atoms with E-state index in [1.54, 1.807) is 23.1 Å². The first kappa shape index (κ1) is 31.5. The van der Waals surface area contributed by atoms with Gasteiger partial charge in [-0.2, -0.15) is 13.2 Å². The minimum absolute atomic E-state index is 0.0762. The maximum atomic E-state index is 13.7. The number of carbonyl (C=O) groups is 2. The van der Waals surface area contributed by atoms with Gasteiger partial charge in [-0.1, -0.05) is 72.8 Å². The number of carbonyl (C=O) groups excluding carboxylic acids is 2. The molecular formula is C33H29BrF3N3O3S. The molecule has 1 fully saturated rings. The van der Waals surface area contributed by atoms with Crippen LogP contribution in [0.2, 0.25) is 0 Å². The van der Waals surface area contributed by atoms with Gasteiger partial charge in [0.05, 0.1) is 17.4 Å². The molecule has 2 amide bonds. The van der Waals surface area contributed by atoms with E-state index in [1.165, 1.54) is 23.5 Å². The number of benzene rings is 3. The second-order valence-electron chi connectivity index (χ2n) is 10.3. The van der Waals surface area contributed by atoms with Gasteiger partial charge in [0.15, 0.2) is 0 Å². The first-order chi connectivity index (χ1) is 21.2. The number of halogens is 4. The van der Waals surface area contributed by atoms with Crippen molar-refractivity contribution in [3.8, 4) is 10.6 Å². The highest BCUT2D eigenvalue weighted by Crippen LogP contribution is 2.35. The van der Waals surface area contributed by atoms with Crippen LogP contribution in [-0.2, 0) is 22.6 Å². The van der Waals surface area contributed by atoms with E-state index >= 15 is 0 Å². The first-order valence-electron chi connectivity index (χ1n) is 14.0. The monoisotopic (exact) mass is 683 g/mol. The van der Waals surface area contributed by atoms with Crippen molar-refractivity contribution < 1.29 is 27.5 Å². The molecule has 2 heterocycles. The maximum absolute atomic E-state index is 13.7. The number of ether oxygens (including phenoxy) is 1. The molecule has 0 unspecified atom stereocenters. The summed E-state index contributed by atoms with van der Waals surface area (Å²) in [4.78, 5) is 32.2. The Kier molecular flexibility index (Phi) is 10.2. The van der Waals surface area contributed by atoms with Crippen LogP contribution in [0, 0.1) is 0 Å². The Hall–Kier alpha value is -3.96. The third-order valence-electron chi connectivity index (χ3n) is 7.14. The van der Waals surface area contributed by atoms with Crippen molar-refractivity contribution in [1.29, 1.82) is 0 Å². The van der Waals surface area contributed by atoms with Gasteiger partial charge < -0.3 is 9.64 Å². The number of likely N-dealkylation sites (tertiary alicyclic amines) is 1. The predicted molar refractivity (Wildman–Crippen MR) is 168 cm³/mol. The molecular weight excluding hydrogens is 655 g/mol. The fourth-order valence-electron chi connectivity index (χ4n) is 4.97. The number of thiazole rings is 1. The molecule has 228 valence electrons. The lowest BCUT2D eigenvalue weighted by atomic mass is 10.1. The predicted octanol–water partition coefficient (Wildman–Crippen LogP) is 8.42. The van der Waals surface area contributed by atoms with Gasteiger partial charge in [-0.05, 0) is 58.1 Å². The number of nitrogens with zero attached hydrogens (tertiary/aromatic N) is 3. The summed E-state index contributed by atoms with van der Waals surface area (Å²) < 4.78 is 46.7. The second-order valence-corrected chi connectivity index (χ2v) is 12.0. The molecule has 4 aromatic rings. The van der Waals surface area contributed by atoms with Crippen molar-refractivity contribution in [2.75, 3.05) is 18.0 Å². The minimum atomic E-state index is -5.08. The summed E-state index contributed by atoms with van der Waals surface area (Å²) in [7, 11) is 0. The van der Waals surface area contributed by atoms with Crippen molar-refractivity contribution in [2.45, 2.75) is 38.1 Å². The number of amides is 2. The zero-order chi connectivity index (χ0) is 31.1. The SMILES string of the molecule is O=C(OCc1ccccc1)N1CCC[C@@H]1/C=C\CN(C(=O)C(F)(F)F)c1ccc(-c2nc(Cc3ccccc3)cs2)cc1Br. The molecule has 0 N–H and O–H groups in total. The van der Waals surface area contributed by atoms with Crippen LogP contribution in [0.4, 0.5) is 23.7 Å². The Morgan fingerprint density at radius 2 is 1.75 bits per heavy atom. The maximum Gasteiger partial charge on any atom is 0.471 e. The molecule has 1 aliphatic heterocycles. The highest BCUT2D eigenvalue weighted by atomic mass is 79.9. The summed E-state index contributed by atoms with van der Waals surface area (Å²) >= 11 is 4.83. The van der Waals surface area contributed by atoms with Gasteiger partial charge in [0.2, 0.25) is 0 Å². The van der Waals surface area contributed by atoms with Crippen LogP contribution in [0.15, 0.2) is 101 Å². The van der Waals surface area contributed by atoms with Crippen LogP contribution >= 0.6 is 27.3 Å². The molecule has 6 nitrogen and oxygen atoms in total. The largest absolute Gasteiger partial charge is 0.471 e. The molecule has 1 aromatic heterocycles. The van der Waals surface area contributed by atoms with Gasteiger partial charge in [0.25, 0.3) is 0 Å². The summed E-state index contributed by atoms with van der Waals surface area (Å²) in [6, 6.07) is 23.7. The molecule has 0 spiro atoms. The quantitative estimate of drug-likeness (QED) is 0.166. The van der Waals surface area contributed by atoms with E-state index in [9.17, 15) is 22.8 Å². The fraction of sp³-hybridized carbons (Fsp3) is 0.242. The van der Waals surface area contributed by atoms with E-state index in [1.807, 2.05) is 66.0 Å². The van der Waals surface area contributed by atoms with Crippen molar-refractivity contribution in [1.82, 2.24) is 9.88 Å². The molecule has 1 aliphatic rings. The summed E-state index contributed by atoms with van der Waals surface area (Å²) in [5, 5.41) is 2.68. The lowest BCUT2D eigenvalue weighted by Gasteiger charge is -2.25. The van der Waals surface area contributed by atoms with Gasteiger partial charge in [-0.15, -0.1) is 11.3 Å². The van der Waals surface area contributed by atoms with E-state index in [2.05, 4.69) is 15.9 Å². The molecule has 1 atom stereocenters. The van der Waals surface area contributed by atoms with Crippen molar-refractivity contribution in [3.63, 3.8) is 0 Å². The number of hydrogen-bond donors (Lipinski definition) is 0. The van der Waals surface area contributed by atoms with Crippen molar-refractivity contribution in [2.24, 2.45) is 0 Å². The third kappa shape index (κ3) is 7.95. The van der Waals surface area contributed by atoms with Gasteiger partial charge in [-0.3, -0.25) is 9.69 Å². The fourth-order valence-corrected chi connectivity index (χ4v) is 6.38. The number of rotatable bonds is 9. The van der Waals surface area contributed by atoms with Crippen LogP contribution in [0.5, 0.6) is 0 Å². The topological polar surface area (TPSA) is 62.7 Å². The van der Waals surface area contributed by atoms with Gasteiger partial charge in [0.1, 0.15) is 11.6 Å². The number of hydrogen-bond acceptors (Lipinski definition) is 5. The van der Waals surface area contributed by atoms with Gasteiger partial charge >= 0.3 is 18.2 Å². The van der Waals surface area contributed by atoms with Crippen LogP contribution in [-0.4, -0.2) is 47.2 Å². The standard InChI is InChI=1S/C33H29BrF3N3O3S/c34-28-20-25(30-38-26(22-44-30)19-23-9-3-1-4-10-23)15-16-29(28)40(31(41)33(35,36)37)18-8-14-27-13-7-17-39(27)32(42)43-21-24-11-5-2-6-12-24/h1-6,8-12,14-16,20,22,27H,7,13,17-19,21H2/b14-8-/t27-/m1/s1. The molecule has 0 bridgehead atoms. The zero-order valence-electron chi connectivity index (χ0n) is 23.5. The number of anilines is 1. The summed E-state index contributed by atoms with van der Waals surface area (Å²) in [6.45, 7) is 0.267. The van der Waals surface area contributed by atoms with E-state index in [4.69, 9.17) is 9.72 Å². The molecule has 11 heteroatoms. The average molecular weight is 685 g/mol. The minimum Gasteiger partial charge on any atom is -0.445 e. The highest BCUT2D eigenvalue weighted by Gasteiger charge is 2.43. The molecule has 1 saturated heterocycles. The summed E-state index contributed by atoms with van der Waals surface area (Å²) in [5.41, 5.74) is 3.66. The Bertz CT molecular complexity index is 1610. The lowest BCUT2D eigenvalue weighted by Crippen LogP contribution is -2.41. The van der Waals surface area contributed by atoms with E-state index in [0.29, 0.717) is 28.8 Å². The number of alkyl halides is 3. The first-order valence-corrected chi connectivity index (χ1v) is 15.7. The van der Waals surface area contributed by atoms with Crippen LogP contribution < -0.4 is 4.90 Å². The summed E-state index contributed by atoms with van der Waals surface area (Å²) in [5.74, 6) is -1.99. The van der Waals surface area contributed by atoms with Crippen LogP contribution in [0.25, 0.3) is 10.6 Å². The Labute approximate surface area is 265 Å². The van der Waals surface area contributed by atoms with Gasteiger partial charge in [-0.25, -0.2) is 9.78 Å². The van der Waals surface area contributed by atoms with E-state index in [0.717, 1.165) is 33.8 Å². The molecule has 5 rings (SSSR count). The zero-order valence-corrected chi connectivity index (χ0v) is 25.9. The van der Waals surface area contributed by atoms with E-state index in [-0.39, 0.29) is 24.9 Å². The lowest BCUT2D eigenvalue weighted by molar-refractivity contribution is -0.170. The Morgan fingerprint density at radius 1 is 1.05 bits per heavy atom. The third-order valence-corrected chi connectivity index (χ3v) is 8.71. The molecule has 3 aromatic carbocycles. The molecule has 0 aliphatic carbocycles. The molecule has 0 saturated carbocycles. The highest BCUT2D eigenvalue weighted by molar-refractivity contribution is 9.10. The van der Waals surface area contributed by atoms with Crippen molar-refractivity contribution in [3.05, 3.63) is 118 Å². The smallest absolute Gasteiger partial charge is 0.445 e. The molecule has 44 heavy (non-hydrogen) atoms. The van der Waals surface area contributed by atoms with Gasteiger partial charge in [0, 0.05) is 34.9 Å². The Balaban J connectivity index is 1.28. The van der Waals surface area contributed by atoms with Crippen LogP contribution in [0.1, 0.15) is 29.7 Å². The second kappa shape index (κ2) is 14.2. The van der Waals surface area contributed by atoms with Crippen molar-refractivity contribution >= 4 is 45.0 Å². The average Bonchev–Trinajstić information content (AvgIpc) is 3.69.